The van der Waals surface area contributed by atoms with Gasteiger partial charge in [-0.05, 0) is 25.8 Å². The average molecular weight is 282 g/mol. The summed E-state index contributed by atoms with van der Waals surface area (Å²) in [5, 5.41) is 14.8. The van der Waals surface area contributed by atoms with Gasteiger partial charge in [0, 0.05) is 17.5 Å². The van der Waals surface area contributed by atoms with Crippen LogP contribution in [0, 0.1) is 16.0 Å². The fourth-order valence-corrected chi connectivity index (χ4v) is 1.70. The summed E-state index contributed by atoms with van der Waals surface area (Å²) in [4.78, 5) is 21.6. The summed E-state index contributed by atoms with van der Waals surface area (Å²) in [6.07, 6.45) is 1.79. The summed E-state index contributed by atoms with van der Waals surface area (Å²) < 4.78 is 0. The number of nitrogens with zero attached hydrogens (tertiary/aromatic N) is 2. The second-order valence-electron chi connectivity index (χ2n) is 4.37. The van der Waals surface area contributed by atoms with E-state index < -0.39 is 4.92 Å². The number of nitro groups is 1. The topological polar surface area (TPSA) is 84.6 Å². The molecule has 7 heteroatoms. The zero-order chi connectivity index (χ0) is 14.0. The fourth-order valence-electron chi connectivity index (χ4n) is 1.52. The number of hydrogen-bond donors (Lipinski definition) is 1. The van der Waals surface area contributed by atoms with Gasteiger partial charge in [0.05, 0.1) is 10.6 Å². The predicted molar refractivity (Wildman–Crippen MR) is 71.2 cm³/mol. The smallest absolute Gasteiger partial charge is 0.273 e. The van der Waals surface area contributed by atoms with Crippen LogP contribution in [0.15, 0.2) is 23.3 Å². The van der Waals surface area contributed by atoms with Gasteiger partial charge in [-0.25, -0.2) is 5.43 Å². The van der Waals surface area contributed by atoms with Crippen LogP contribution in [0.5, 0.6) is 0 Å². The van der Waals surface area contributed by atoms with Crippen LogP contribution in [0.25, 0.3) is 0 Å². The van der Waals surface area contributed by atoms with Crippen molar-refractivity contribution in [3.05, 3.63) is 38.9 Å². The number of hydrazone groups is 1. The van der Waals surface area contributed by atoms with Crippen LogP contribution in [0.2, 0.25) is 5.02 Å². The van der Waals surface area contributed by atoms with E-state index in [2.05, 4.69) is 10.5 Å². The summed E-state index contributed by atoms with van der Waals surface area (Å²) >= 11 is 5.72. The Bertz CT molecular complexity index is 567. The Kier molecular flexibility index (Phi) is 3.80. The van der Waals surface area contributed by atoms with E-state index in [0.29, 0.717) is 11.3 Å². The molecule has 100 valence electrons. The molecular weight excluding hydrogens is 270 g/mol. The summed E-state index contributed by atoms with van der Waals surface area (Å²) in [5.41, 5.74) is 3.32. The summed E-state index contributed by atoms with van der Waals surface area (Å²) in [6, 6.07) is 4.40. The molecule has 1 amide bonds. The van der Waals surface area contributed by atoms with Crippen molar-refractivity contribution in [3.8, 4) is 0 Å². The van der Waals surface area contributed by atoms with Crippen LogP contribution in [-0.4, -0.2) is 16.5 Å². The molecule has 0 heterocycles. The number of carbonyl (C=O) groups is 1. The zero-order valence-corrected chi connectivity index (χ0v) is 11.0. The monoisotopic (exact) mass is 281 g/mol. The van der Waals surface area contributed by atoms with Crippen LogP contribution >= 0.6 is 11.6 Å². The van der Waals surface area contributed by atoms with Gasteiger partial charge in [0.2, 0.25) is 5.91 Å². The van der Waals surface area contributed by atoms with E-state index >= 15 is 0 Å². The van der Waals surface area contributed by atoms with Crippen molar-refractivity contribution < 1.29 is 9.72 Å². The number of carbonyl (C=O) groups excluding carboxylic acids is 1. The Morgan fingerprint density at radius 1 is 1.53 bits per heavy atom. The number of amides is 1. The highest BCUT2D eigenvalue weighted by molar-refractivity contribution is 6.32. The van der Waals surface area contributed by atoms with Gasteiger partial charge in [-0.1, -0.05) is 17.7 Å². The van der Waals surface area contributed by atoms with Gasteiger partial charge < -0.3 is 0 Å². The SMILES string of the molecule is C/C(=N\NC(=O)C1CC1)c1ccc(Cl)c([N+](=O)[O-])c1. The Labute approximate surface area is 114 Å². The van der Waals surface area contributed by atoms with Gasteiger partial charge in [0.15, 0.2) is 0 Å². The van der Waals surface area contributed by atoms with E-state index in [1.54, 1.807) is 13.0 Å². The molecule has 1 aromatic carbocycles. The molecular formula is C12H12ClN3O3. The molecule has 1 saturated carbocycles. The lowest BCUT2D eigenvalue weighted by Gasteiger charge is -2.03. The minimum atomic E-state index is -0.554. The van der Waals surface area contributed by atoms with Crippen molar-refractivity contribution in [1.82, 2.24) is 5.43 Å². The zero-order valence-electron chi connectivity index (χ0n) is 10.2. The number of nitrogens with one attached hydrogen (secondary N) is 1. The van der Waals surface area contributed by atoms with Gasteiger partial charge in [0.1, 0.15) is 5.02 Å². The van der Waals surface area contributed by atoms with E-state index in [-0.39, 0.29) is 22.5 Å². The third-order valence-electron chi connectivity index (χ3n) is 2.84. The first kappa shape index (κ1) is 13.5. The number of rotatable bonds is 4. The highest BCUT2D eigenvalue weighted by atomic mass is 35.5. The second kappa shape index (κ2) is 5.36. The maximum absolute atomic E-state index is 11.4. The average Bonchev–Trinajstić information content (AvgIpc) is 3.20. The van der Waals surface area contributed by atoms with Crippen molar-refractivity contribution in [2.75, 3.05) is 0 Å². The third-order valence-corrected chi connectivity index (χ3v) is 3.16. The minimum Gasteiger partial charge on any atom is -0.273 e. The van der Waals surface area contributed by atoms with Crippen molar-refractivity contribution in [1.29, 1.82) is 0 Å². The Balaban J connectivity index is 2.15. The molecule has 0 unspecified atom stereocenters. The molecule has 0 aliphatic heterocycles. The molecule has 1 N–H and O–H groups in total. The minimum absolute atomic E-state index is 0.0658. The predicted octanol–water partition coefficient (Wildman–Crippen LogP) is 2.50. The lowest BCUT2D eigenvalue weighted by atomic mass is 10.1. The van der Waals surface area contributed by atoms with Gasteiger partial charge in [0.25, 0.3) is 5.69 Å². The molecule has 1 aromatic rings. The highest BCUT2D eigenvalue weighted by Crippen LogP contribution is 2.29. The molecule has 6 nitrogen and oxygen atoms in total. The highest BCUT2D eigenvalue weighted by Gasteiger charge is 2.29. The Morgan fingerprint density at radius 2 is 2.21 bits per heavy atom. The van der Waals surface area contributed by atoms with Gasteiger partial charge in [-0.2, -0.15) is 5.10 Å². The van der Waals surface area contributed by atoms with Crippen LogP contribution in [0.1, 0.15) is 25.3 Å². The van der Waals surface area contributed by atoms with E-state index in [9.17, 15) is 14.9 Å². The van der Waals surface area contributed by atoms with Crippen molar-refractivity contribution in [2.45, 2.75) is 19.8 Å². The lowest BCUT2D eigenvalue weighted by molar-refractivity contribution is -0.384. The molecule has 0 bridgehead atoms. The van der Waals surface area contributed by atoms with Crippen LogP contribution in [0.4, 0.5) is 5.69 Å². The third kappa shape index (κ3) is 3.29. The molecule has 0 aromatic heterocycles. The number of nitro benzene ring substituents is 1. The molecule has 2 rings (SSSR count). The number of benzene rings is 1. The van der Waals surface area contributed by atoms with E-state index in [4.69, 9.17) is 11.6 Å². The second-order valence-corrected chi connectivity index (χ2v) is 4.78. The maximum Gasteiger partial charge on any atom is 0.288 e. The Morgan fingerprint density at radius 3 is 2.79 bits per heavy atom. The molecule has 0 radical (unpaired) electrons. The molecule has 0 spiro atoms. The van der Waals surface area contributed by atoms with E-state index in [0.717, 1.165) is 12.8 Å². The maximum atomic E-state index is 11.4. The van der Waals surface area contributed by atoms with Crippen LogP contribution in [-0.2, 0) is 4.79 Å². The standard InChI is InChI=1S/C12H12ClN3O3/c1-7(14-15-12(17)8-2-3-8)9-4-5-10(13)11(6-9)16(18)19/h4-6,8H,2-3H2,1H3,(H,15,17)/b14-7+. The molecule has 19 heavy (non-hydrogen) atoms. The lowest BCUT2D eigenvalue weighted by Crippen LogP contribution is -2.20. The molecule has 0 atom stereocenters. The van der Waals surface area contributed by atoms with Crippen LogP contribution in [0.3, 0.4) is 0 Å². The first-order chi connectivity index (χ1) is 8.99. The molecule has 0 saturated heterocycles. The van der Waals surface area contributed by atoms with Crippen molar-refractivity contribution >= 4 is 28.9 Å². The quantitative estimate of drug-likeness (QED) is 0.523. The fraction of sp³-hybridized carbons (Fsp3) is 0.333. The van der Waals surface area contributed by atoms with E-state index in [1.165, 1.54) is 12.1 Å². The summed E-state index contributed by atoms with van der Waals surface area (Å²) in [6.45, 7) is 1.67. The largest absolute Gasteiger partial charge is 0.288 e. The van der Waals surface area contributed by atoms with Gasteiger partial charge >= 0.3 is 0 Å². The first-order valence-corrected chi connectivity index (χ1v) is 6.15. The summed E-state index contributed by atoms with van der Waals surface area (Å²) in [7, 11) is 0. The Hall–Kier alpha value is -1.95. The van der Waals surface area contributed by atoms with Crippen molar-refractivity contribution in [3.63, 3.8) is 0 Å². The first-order valence-electron chi connectivity index (χ1n) is 5.77. The molecule has 1 aliphatic rings. The van der Waals surface area contributed by atoms with Crippen LogP contribution < -0.4 is 5.43 Å². The van der Waals surface area contributed by atoms with Gasteiger partial charge in [-0.15, -0.1) is 0 Å². The summed E-state index contributed by atoms with van der Waals surface area (Å²) in [5.74, 6) is -0.0427. The van der Waals surface area contributed by atoms with Crippen molar-refractivity contribution in [2.24, 2.45) is 11.0 Å². The number of halogens is 1. The number of hydrogen-bond acceptors (Lipinski definition) is 4. The normalized spacial score (nSPS) is 15.2. The van der Waals surface area contributed by atoms with Gasteiger partial charge in [-0.3, -0.25) is 14.9 Å². The molecule has 1 fully saturated rings. The van der Waals surface area contributed by atoms with E-state index in [1.807, 2.05) is 0 Å². The molecule has 1 aliphatic carbocycles.